The quantitative estimate of drug-likeness (QED) is 0.799. The molecule has 0 atom stereocenters. The van der Waals surface area contributed by atoms with Crippen molar-refractivity contribution < 1.29 is 4.39 Å². The van der Waals surface area contributed by atoms with Crippen LogP contribution in [-0.2, 0) is 0 Å². The molecule has 16 heavy (non-hydrogen) atoms. The Morgan fingerprint density at radius 3 is 2.44 bits per heavy atom. The number of nitrogens with one attached hydrogen (secondary N) is 1. The van der Waals surface area contributed by atoms with Crippen LogP contribution in [-0.4, -0.2) is 31.6 Å². The minimum atomic E-state index is -0.192. The van der Waals surface area contributed by atoms with Crippen LogP contribution in [0.15, 0.2) is 24.3 Å². The molecule has 0 fully saturated rings. The zero-order chi connectivity index (χ0) is 12.0. The number of nitrogens with zero attached hydrogens (tertiary/aromatic N) is 1. The van der Waals surface area contributed by atoms with Crippen molar-refractivity contribution in [2.75, 3.05) is 32.0 Å². The molecule has 90 valence electrons. The summed E-state index contributed by atoms with van der Waals surface area (Å²) in [5.41, 5.74) is 0.972. The van der Waals surface area contributed by atoms with E-state index >= 15 is 0 Å². The maximum Gasteiger partial charge on any atom is 0.123 e. The third-order valence-electron chi connectivity index (χ3n) is 2.34. The highest BCUT2D eigenvalue weighted by atomic mass is 19.1. The molecule has 0 aliphatic rings. The van der Waals surface area contributed by atoms with E-state index in [0.29, 0.717) is 5.92 Å². The van der Waals surface area contributed by atoms with Gasteiger partial charge in [-0.1, -0.05) is 13.8 Å². The molecular weight excluding hydrogens is 203 g/mol. The van der Waals surface area contributed by atoms with Gasteiger partial charge in [0.1, 0.15) is 5.82 Å². The summed E-state index contributed by atoms with van der Waals surface area (Å²) in [6.45, 7) is 7.41. The van der Waals surface area contributed by atoms with Gasteiger partial charge in [0.15, 0.2) is 0 Å². The van der Waals surface area contributed by atoms with Gasteiger partial charge >= 0.3 is 0 Å². The van der Waals surface area contributed by atoms with E-state index in [1.807, 2.05) is 0 Å². The average molecular weight is 224 g/mol. The summed E-state index contributed by atoms with van der Waals surface area (Å²) in [4.78, 5) is 2.29. The molecule has 0 bridgehead atoms. The number of hydrogen-bond acceptors (Lipinski definition) is 2. The maximum absolute atomic E-state index is 12.6. The van der Waals surface area contributed by atoms with Gasteiger partial charge in [-0.15, -0.1) is 0 Å². The molecule has 0 aromatic heterocycles. The summed E-state index contributed by atoms with van der Waals surface area (Å²) in [6, 6.07) is 6.47. The van der Waals surface area contributed by atoms with Crippen molar-refractivity contribution in [1.82, 2.24) is 4.90 Å². The van der Waals surface area contributed by atoms with E-state index in [0.717, 1.165) is 25.3 Å². The van der Waals surface area contributed by atoms with Gasteiger partial charge < -0.3 is 10.2 Å². The molecule has 0 radical (unpaired) electrons. The lowest BCUT2D eigenvalue weighted by Gasteiger charge is -2.19. The minimum absolute atomic E-state index is 0.192. The first-order valence-electron chi connectivity index (χ1n) is 5.76. The van der Waals surface area contributed by atoms with Crippen LogP contribution in [0.1, 0.15) is 13.8 Å². The van der Waals surface area contributed by atoms with Crippen molar-refractivity contribution in [3.63, 3.8) is 0 Å². The molecule has 1 aromatic carbocycles. The summed E-state index contributed by atoms with van der Waals surface area (Å²) in [5, 5.41) is 3.27. The van der Waals surface area contributed by atoms with E-state index in [1.165, 1.54) is 12.1 Å². The maximum atomic E-state index is 12.6. The van der Waals surface area contributed by atoms with E-state index in [1.54, 1.807) is 12.1 Å². The number of hydrogen-bond donors (Lipinski definition) is 1. The van der Waals surface area contributed by atoms with Gasteiger partial charge in [-0.25, -0.2) is 4.39 Å². The molecular formula is C13H21FN2. The second-order valence-electron chi connectivity index (χ2n) is 4.59. The minimum Gasteiger partial charge on any atom is -0.384 e. The average Bonchev–Trinajstić information content (AvgIpc) is 2.20. The summed E-state index contributed by atoms with van der Waals surface area (Å²) < 4.78 is 12.6. The van der Waals surface area contributed by atoms with Gasteiger partial charge in [-0.05, 0) is 37.2 Å². The first-order valence-corrected chi connectivity index (χ1v) is 5.76. The van der Waals surface area contributed by atoms with E-state index < -0.39 is 0 Å². The largest absolute Gasteiger partial charge is 0.384 e. The van der Waals surface area contributed by atoms with Crippen molar-refractivity contribution in [2.24, 2.45) is 5.92 Å². The topological polar surface area (TPSA) is 15.3 Å². The zero-order valence-electron chi connectivity index (χ0n) is 10.3. The van der Waals surface area contributed by atoms with E-state index in [2.05, 4.69) is 31.1 Å². The normalized spacial score (nSPS) is 11.1. The fourth-order valence-electron chi connectivity index (χ4n) is 1.67. The first-order chi connectivity index (χ1) is 7.58. The molecule has 0 spiro atoms. The monoisotopic (exact) mass is 224 g/mol. The second-order valence-corrected chi connectivity index (χ2v) is 4.59. The third-order valence-corrected chi connectivity index (χ3v) is 2.34. The Kier molecular flexibility index (Phi) is 5.26. The first kappa shape index (κ1) is 13.0. The zero-order valence-corrected chi connectivity index (χ0v) is 10.3. The highest BCUT2D eigenvalue weighted by Crippen LogP contribution is 2.07. The Morgan fingerprint density at radius 2 is 1.88 bits per heavy atom. The van der Waals surface area contributed by atoms with Crippen molar-refractivity contribution in [1.29, 1.82) is 0 Å². The number of benzene rings is 1. The van der Waals surface area contributed by atoms with Crippen LogP contribution in [0.3, 0.4) is 0 Å². The van der Waals surface area contributed by atoms with Gasteiger partial charge in [-0.2, -0.15) is 0 Å². The molecule has 1 aromatic rings. The fourth-order valence-corrected chi connectivity index (χ4v) is 1.67. The Hall–Kier alpha value is -1.09. The molecule has 1 rings (SSSR count). The predicted octanol–water partition coefficient (Wildman–Crippen LogP) is 2.83. The van der Waals surface area contributed by atoms with Gasteiger partial charge in [0.2, 0.25) is 0 Å². The van der Waals surface area contributed by atoms with Crippen LogP contribution < -0.4 is 5.32 Å². The highest BCUT2D eigenvalue weighted by Gasteiger charge is 2.00. The van der Waals surface area contributed by atoms with Crippen LogP contribution >= 0.6 is 0 Å². The van der Waals surface area contributed by atoms with Crippen LogP contribution in [0.2, 0.25) is 0 Å². The van der Waals surface area contributed by atoms with Crippen LogP contribution in [0, 0.1) is 11.7 Å². The van der Waals surface area contributed by atoms with Gasteiger partial charge in [-0.3, -0.25) is 0 Å². The van der Waals surface area contributed by atoms with Gasteiger partial charge in [0.25, 0.3) is 0 Å². The molecule has 3 heteroatoms. The lowest BCUT2D eigenvalue weighted by Crippen LogP contribution is -2.28. The standard InChI is InChI=1S/C13H21FN2/c1-11(2)10-16(3)9-8-15-13-6-4-12(14)5-7-13/h4-7,11,15H,8-10H2,1-3H3. The Labute approximate surface area is 97.5 Å². The molecule has 2 nitrogen and oxygen atoms in total. The molecule has 0 aliphatic carbocycles. The third kappa shape index (κ3) is 5.12. The smallest absolute Gasteiger partial charge is 0.123 e. The predicted molar refractivity (Wildman–Crippen MR) is 67.2 cm³/mol. The summed E-state index contributed by atoms with van der Waals surface area (Å²) >= 11 is 0. The van der Waals surface area contributed by atoms with Crippen molar-refractivity contribution in [3.05, 3.63) is 30.1 Å². The van der Waals surface area contributed by atoms with Crippen LogP contribution in [0.25, 0.3) is 0 Å². The van der Waals surface area contributed by atoms with Crippen molar-refractivity contribution in [3.8, 4) is 0 Å². The van der Waals surface area contributed by atoms with Crippen LogP contribution in [0.5, 0.6) is 0 Å². The Balaban J connectivity index is 2.22. The Morgan fingerprint density at radius 1 is 1.25 bits per heavy atom. The highest BCUT2D eigenvalue weighted by molar-refractivity contribution is 5.42. The fraction of sp³-hybridized carbons (Fsp3) is 0.538. The molecule has 0 amide bonds. The van der Waals surface area contributed by atoms with Crippen molar-refractivity contribution in [2.45, 2.75) is 13.8 Å². The van der Waals surface area contributed by atoms with E-state index in [4.69, 9.17) is 0 Å². The van der Waals surface area contributed by atoms with Crippen molar-refractivity contribution >= 4 is 5.69 Å². The van der Waals surface area contributed by atoms with E-state index in [-0.39, 0.29) is 5.82 Å². The number of anilines is 1. The second kappa shape index (κ2) is 6.48. The number of halogens is 1. The molecule has 0 unspecified atom stereocenters. The summed E-state index contributed by atoms with van der Waals surface area (Å²) in [5.74, 6) is 0.498. The SMILES string of the molecule is CC(C)CN(C)CCNc1ccc(F)cc1. The van der Waals surface area contributed by atoms with Gasteiger partial charge in [0.05, 0.1) is 0 Å². The number of rotatable bonds is 6. The van der Waals surface area contributed by atoms with Gasteiger partial charge in [0, 0.05) is 25.3 Å². The molecule has 0 saturated heterocycles. The van der Waals surface area contributed by atoms with E-state index in [9.17, 15) is 4.39 Å². The summed E-state index contributed by atoms with van der Waals surface area (Å²) in [7, 11) is 2.12. The molecule has 0 aliphatic heterocycles. The van der Waals surface area contributed by atoms with Crippen LogP contribution in [0.4, 0.5) is 10.1 Å². The number of likely N-dealkylation sites (N-methyl/N-ethyl adjacent to an activating group) is 1. The lowest BCUT2D eigenvalue weighted by molar-refractivity contribution is 0.306. The Bertz CT molecular complexity index is 295. The lowest BCUT2D eigenvalue weighted by atomic mass is 10.2. The molecule has 1 N–H and O–H groups in total. The summed E-state index contributed by atoms with van der Waals surface area (Å²) in [6.07, 6.45) is 0. The molecule has 0 saturated carbocycles. The molecule has 0 heterocycles.